The first-order valence-electron chi connectivity index (χ1n) is 5.68. The summed E-state index contributed by atoms with van der Waals surface area (Å²) >= 11 is 8.57. The Hall–Kier alpha value is -0.650. The van der Waals surface area contributed by atoms with E-state index in [2.05, 4.69) is 63.7 Å². The Morgan fingerprint density at radius 2 is 2.00 bits per heavy atom. The molecular formula is C12H17BrN3S+. The van der Waals surface area contributed by atoms with E-state index >= 15 is 0 Å². The van der Waals surface area contributed by atoms with Crippen molar-refractivity contribution in [2.45, 2.75) is 31.2 Å². The average Bonchev–Trinajstić information content (AvgIpc) is 3.11. The van der Waals surface area contributed by atoms with Gasteiger partial charge in [0, 0.05) is 15.9 Å². The number of nitrogens with one attached hydrogen (secondary N) is 2. The highest BCUT2D eigenvalue weighted by molar-refractivity contribution is 9.10. The van der Waals surface area contributed by atoms with E-state index in [-0.39, 0.29) is 5.41 Å². The monoisotopic (exact) mass is 314 g/mol. The van der Waals surface area contributed by atoms with Gasteiger partial charge >= 0.3 is 0 Å². The first-order valence-corrected chi connectivity index (χ1v) is 6.88. The van der Waals surface area contributed by atoms with Gasteiger partial charge in [0.1, 0.15) is 0 Å². The summed E-state index contributed by atoms with van der Waals surface area (Å²) in [5.41, 5.74) is 4.34. The van der Waals surface area contributed by atoms with Crippen molar-refractivity contribution in [1.82, 2.24) is 10.7 Å². The van der Waals surface area contributed by atoms with Crippen molar-refractivity contribution in [1.29, 1.82) is 0 Å². The summed E-state index contributed by atoms with van der Waals surface area (Å²) in [7, 11) is 0. The van der Waals surface area contributed by atoms with Crippen LogP contribution in [0.1, 0.15) is 25.3 Å². The minimum Gasteiger partial charge on any atom is -0.356 e. The molecule has 1 aromatic rings. The van der Waals surface area contributed by atoms with Crippen molar-refractivity contribution in [3.8, 4) is 0 Å². The highest BCUT2D eigenvalue weighted by atomic mass is 79.9. The predicted octanol–water partition coefficient (Wildman–Crippen LogP) is 1.49. The summed E-state index contributed by atoms with van der Waals surface area (Å²) in [6.07, 6.45) is 2.42. The van der Waals surface area contributed by atoms with Gasteiger partial charge in [0.05, 0.1) is 0 Å². The summed E-state index contributed by atoms with van der Waals surface area (Å²) in [5.74, 6) is 3.57. The van der Waals surface area contributed by atoms with E-state index in [1.807, 2.05) is 0 Å². The number of thiocarbonyl (C=S) groups is 1. The van der Waals surface area contributed by atoms with E-state index in [9.17, 15) is 0 Å². The summed E-state index contributed by atoms with van der Waals surface area (Å²) in [6.45, 7) is 2.18. The molecule has 5 heteroatoms. The molecular weight excluding hydrogens is 298 g/mol. The van der Waals surface area contributed by atoms with Gasteiger partial charge in [-0.2, -0.15) is 0 Å². The molecule has 1 saturated carbocycles. The molecule has 1 fully saturated rings. The van der Waals surface area contributed by atoms with Crippen LogP contribution in [0.2, 0.25) is 0 Å². The lowest BCUT2D eigenvalue weighted by molar-refractivity contribution is -0.419. The highest BCUT2D eigenvalue weighted by Gasteiger charge is 2.49. The summed E-state index contributed by atoms with van der Waals surface area (Å²) in [6, 6.07) is 8.90. The van der Waals surface area contributed by atoms with Crippen LogP contribution in [0.15, 0.2) is 28.7 Å². The second kappa shape index (κ2) is 4.92. The van der Waals surface area contributed by atoms with E-state index in [1.54, 1.807) is 0 Å². The smallest absolute Gasteiger partial charge is 0.213 e. The van der Waals surface area contributed by atoms with Crippen LogP contribution in [0, 0.1) is 0 Å². The van der Waals surface area contributed by atoms with Gasteiger partial charge in [-0.3, -0.25) is 5.84 Å². The quantitative estimate of drug-likeness (QED) is 0.585. The van der Waals surface area contributed by atoms with Crippen molar-refractivity contribution in [3.05, 3.63) is 34.3 Å². The Kier molecular flexibility index (Phi) is 3.70. The van der Waals surface area contributed by atoms with Gasteiger partial charge in [-0.1, -0.05) is 28.1 Å². The van der Waals surface area contributed by atoms with Gasteiger partial charge in [0.25, 0.3) is 0 Å². The van der Waals surface area contributed by atoms with Gasteiger partial charge in [0.15, 0.2) is 0 Å². The fourth-order valence-corrected chi connectivity index (χ4v) is 2.72. The molecule has 92 valence electrons. The molecule has 0 aromatic heterocycles. The molecule has 1 atom stereocenters. The first kappa shape index (κ1) is 12.8. The van der Waals surface area contributed by atoms with Gasteiger partial charge in [-0.25, -0.2) is 5.43 Å². The van der Waals surface area contributed by atoms with E-state index in [0.717, 1.165) is 4.47 Å². The zero-order valence-corrected chi connectivity index (χ0v) is 12.2. The molecule has 17 heavy (non-hydrogen) atoms. The molecule has 1 aliphatic carbocycles. The van der Waals surface area contributed by atoms with Crippen molar-refractivity contribution in [3.63, 3.8) is 0 Å². The molecule has 0 heterocycles. The Morgan fingerprint density at radius 1 is 1.41 bits per heavy atom. The van der Waals surface area contributed by atoms with Crippen LogP contribution in [0.5, 0.6) is 0 Å². The summed E-state index contributed by atoms with van der Waals surface area (Å²) < 4.78 is 1.12. The maximum atomic E-state index is 5.11. The zero-order chi connectivity index (χ0) is 12.5. The number of halogens is 1. The van der Waals surface area contributed by atoms with Gasteiger partial charge in [0.2, 0.25) is 5.11 Å². The van der Waals surface area contributed by atoms with Crippen LogP contribution in [0.25, 0.3) is 0 Å². The van der Waals surface area contributed by atoms with Gasteiger partial charge in [-0.05, 0) is 49.7 Å². The molecule has 1 aromatic carbocycles. The number of quaternary nitrogens is 1. The summed E-state index contributed by atoms with van der Waals surface area (Å²) in [5, 5.41) is 3.90. The molecule has 0 saturated heterocycles. The third-order valence-corrected chi connectivity index (χ3v) is 4.34. The predicted molar refractivity (Wildman–Crippen MR) is 76.3 cm³/mol. The Labute approximate surface area is 115 Å². The molecule has 0 spiro atoms. The third-order valence-electron chi connectivity index (χ3n) is 3.54. The first-order chi connectivity index (χ1) is 8.08. The molecule has 5 N–H and O–H groups in total. The lowest BCUT2D eigenvalue weighted by Crippen LogP contribution is -2.70. The average molecular weight is 315 g/mol. The SMILES string of the molecule is CC(NC(=S)N[NH3+])C1(c2ccc(Br)cc2)CC1. The Bertz CT molecular complexity index is 414. The van der Waals surface area contributed by atoms with Crippen LogP contribution in [-0.2, 0) is 5.41 Å². The summed E-state index contributed by atoms with van der Waals surface area (Å²) in [4.78, 5) is 0. The van der Waals surface area contributed by atoms with Crippen molar-refractivity contribution in [2.75, 3.05) is 0 Å². The number of rotatable bonds is 3. The lowest BCUT2D eigenvalue weighted by Gasteiger charge is -2.25. The number of benzene rings is 1. The maximum Gasteiger partial charge on any atom is 0.213 e. The molecule has 0 aliphatic heterocycles. The number of hydrogen-bond donors (Lipinski definition) is 3. The lowest BCUT2D eigenvalue weighted by atomic mass is 9.89. The topological polar surface area (TPSA) is 51.7 Å². The van der Waals surface area contributed by atoms with Crippen LogP contribution in [0.4, 0.5) is 0 Å². The largest absolute Gasteiger partial charge is 0.356 e. The molecule has 0 amide bonds. The minimum atomic E-state index is 0.238. The Balaban J connectivity index is 2.13. The van der Waals surface area contributed by atoms with Crippen LogP contribution in [-0.4, -0.2) is 11.2 Å². The molecule has 0 radical (unpaired) electrons. The third kappa shape index (κ3) is 2.61. The van der Waals surface area contributed by atoms with E-state index in [1.165, 1.54) is 18.4 Å². The maximum absolute atomic E-state index is 5.11. The van der Waals surface area contributed by atoms with Crippen molar-refractivity contribution in [2.24, 2.45) is 0 Å². The van der Waals surface area contributed by atoms with Crippen LogP contribution >= 0.6 is 28.1 Å². The van der Waals surface area contributed by atoms with Gasteiger partial charge < -0.3 is 5.32 Å². The van der Waals surface area contributed by atoms with E-state index < -0.39 is 0 Å². The molecule has 0 bridgehead atoms. The zero-order valence-electron chi connectivity index (χ0n) is 9.79. The normalized spacial score (nSPS) is 18.3. The molecule has 1 aliphatic rings. The second-order valence-corrected chi connectivity index (χ2v) is 5.86. The fourth-order valence-electron chi connectivity index (χ4n) is 2.27. The minimum absolute atomic E-state index is 0.238. The number of hydrogen-bond acceptors (Lipinski definition) is 1. The molecule has 2 rings (SSSR count). The van der Waals surface area contributed by atoms with E-state index in [4.69, 9.17) is 12.2 Å². The second-order valence-electron chi connectivity index (χ2n) is 4.53. The highest BCUT2D eigenvalue weighted by Crippen LogP contribution is 2.51. The van der Waals surface area contributed by atoms with E-state index in [0.29, 0.717) is 11.2 Å². The standard InChI is InChI=1S/C12H16BrN3S/c1-8(15-11(17)16-14)12(6-7-12)9-2-4-10(13)5-3-9/h2-5,8H,6-7,14H2,1H3,(H2,15,16,17)/p+1. The van der Waals surface area contributed by atoms with Crippen molar-refractivity contribution < 1.29 is 5.84 Å². The van der Waals surface area contributed by atoms with Crippen LogP contribution in [0.3, 0.4) is 0 Å². The fraction of sp³-hybridized carbons (Fsp3) is 0.417. The van der Waals surface area contributed by atoms with Crippen LogP contribution < -0.4 is 16.6 Å². The molecule has 3 nitrogen and oxygen atoms in total. The van der Waals surface area contributed by atoms with Gasteiger partial charge in [-0.15, -0.1) is 0 Å². The molecule has 1 unspecified atom stereocenters. The van der Waals surface area contributed by atoms with Crippen molar-refractivity contribution >= 4 is 33.3 Å². The Morgan fingerprint density at radius 3 is 2.47 bits per heavy atom.